The smallest absolute Gasteiger partial charge is 0.238 e. The minimum atomic E-state index is 0.228. The maximum Gasteiger partial charge on any atom is 0.238 e. The third kappa shape index (κ3) is 4.08. The van der Waals surface area contributed by atoms with Gasteiger partial charge < -0.3 is 10.6 Å². The van der Waals surface area contributed by atoms with Crippen LogP contribution in [0.25, 0.3) is 22.4 Å². The molecule has 4 aromatic heterocycles. The van der Waals surface area contributed by atoms with Gasteiger partial charge in [0.15, 0.2) is 0 Å². The van der Waals surface area contributed by atoms with E-state index in [9.17, 15) is 0 Å². The predicted molar refractivity (Wildman–Crippen MR) is 121 cm³/mol. The van der Waals surface area contributed by atoms with Crippen molar-refractivity contribution in [2.24, 2.45) is 0 Å². The summed E-state index contributed by atoms with van der Waals surface area (Å²) in [6.45, 7) is 5.16. The number of aromatic nitrogens is 6. The topological polar surface area (TPSA) is 92.9 Å². The maximum absolute atomic E-state index is 6.06. The Morgan fingerprint density at radius 1 is 1.03 bits per heavy atom. The highest BCUT2D eigenvalue weighted by Gasteiger charge is 2.26. The van der Waals surface area contributed by atoms with Crippen LogP contribution < -0.4 is 5.73 Å². The van der Waals surface area contributed by atoms with E-state index in [-0.39, 0.29) is 5.95 Å². The van der Waals surface area contributed by atoms with Gasteiger partial charge in [-0.25, -0.2) is 19.5 Å². The summed E-state index contributed by atoms with van der Waals surface area (Å²) in [7, 11) is 2.22. The van der Waals surface area contributed by atoms with Crippen molar-refractivity contribution in [3.8, 4) is 11.1 Å². The Hall–Kier alpha value is -2.75. The van der Waals surface area contributed by atoms with E-state index in [2.05, 4.69) is 36.9 Å². The largest absolute Gasteiger partial charge is 0.367 e. The zero-order valence-electron chi connectivity index (χ0n) is 17.5. The summed E-state index contributed by atoms with van der Waals surface area (Å²) in [6.07, 6.45) is 13.1. The highest BCUT2D eigenvalue weighted by molar-refractivity contribution is 6.29. The lowest BCUT2D eigenvalue weighted by Gasteiger charge is -2.42. The van der Waals surface area contributed by atoms with E-state index < -0.39 is 0 Å². The Kier molecular flexibility index (Phi) is 5.47. The van der Waals surface area contributed by atoms with Crippen LogP contribution in [0.4, 0.5) is 5.95 Å². The molecule has 162 valence electrons. The normalized spacial score (nSPS) is 18.1. The average molecular weight is 440 g/mol. The minimum absolute atomic E-state index is 0.228. The fraction of sp³-hybridized carbons (Fsp3) is 0.429. The van der Waals surface area contributed by atoms with Gasteiger partial charge in [0.25, 0.3) is 0 Å². The zero-order chi connectivity index (χ0) is 21.4. The average Bonchev–Trinajstić information content (AvgIpc) is 3.32. The van der Waals surface area contributed by atoms with Gasteiger partial charge in [0.2, 0.25) is 11.7 Å². The van der Waals surface area contributed by atoms with E-state index in [1.54, 1.807) is 27.5 Å². The molecule has 0 unspecified atom stereocenters. The number of halogens is 1. The van der Waals surface area contributed by atoms with Crippen LogP contribution >= 0.6 is 11.6 Å². The molecule has 0 amide bonds. The van der Waals surface area contributed by atoms with Gasteiger partial charge in [-0.15, -0.1) is 5.10 Å². The number of imidazole rings is 1. The third-order valence-corrected chi connectivity index (χ3v) is 6.47. The number of nitrogens with two attached hydrogens (primary N) is 1. The first kappa shape index (κ1) is 20.2. The highest BCUT2D eigenvalue weighted by Crippen LogP contribution is 2.26. The molecule has 0 radical (unpaired) electrons. The van der Waals surface area contributed by atoms with Crippen molar-refractivity contribution in [2.75, 3.05) is 39.0 Å². The van der Waals surface area contributed by atoms with Gasteiger partial charge in [0.05, 0.1) is 17.9 Å². The van der Waals surface area contributed by atoms with Crippen molar-refractivity contribution in [2.45, 2.75) is 25.3 Å². The Labute approximate surface area is 185 Å². The Morgan fingerprint density at radius 3 is 2.55 bits per heavy atom. The number of fused-ring (bicyclic) bond motifs is 2. The summed E-state index contributed by atoms with van der Waals surface area (Å²) >= 11 is 6.06. The second kappa shape index (κ2) is 8.41. The summed E-state index contributed by atoms with van der Waals surface area (Å²) < 4.78 is 3.40. The molecule has 10 heteroatoms. The second-order valence-electron chi connectivity index (χ2n) is 8.19. The first-order valence-electron chi connectivity index (χ1n) is 10.6. The van der Waals surface area contributed by atoms with Crippen LogP contribution in [0.1, 0.15) is 19.3 Å². The van der Waals surface area contributed by atoms with Crippen LogP contribution in [0.2, 0.25) is 5.15 Å². The molecule has 2 N–H and O–H groups in total. The van der Waals surface area contributed by atoms with E-state index in [0.717, 1.165) is 22.7 Å². The van der Waals surface area contributed by atoms with Crippen molar-refractivity contribution >= 4 is 28.8 Å². The Balaban J connectivity index is 0.000000157. The highest BCUT2D eigenvalue weighted by atomic mass is 35.5. The lowest BCUT2D eigenvalue weighted by Crippen LogP contribution is -2.51. The van der Waals surface area contributed by atoms with E-state index in [1.807, 2.05) is 18.5 Å². The van der Waals surface area contributed by atoms with Gasteiger partial charge in [0.1, 0.15) is 5.15 Å². The molecule has 6 rings (SSSR count). The number of piperazine rings is 1. The first-order valence-corrected chi connectivity index (χ1v) is 11.0. The molecular formula is C21H26ClN9. The lowest BCUT2D eigenvalue weighted by molar-refractivity contribution is 0.0721. The van der Waals surface area contributed by atoms with Crippen LogP contribution in [0.3, 0.4) is 0 Å². The SMILES string of the molecule is CN1CCN(C2CCC2)CC1.Nc1ncc2c(-c3cnc4ncc(Cl)n4c3)ccn2n1. The molecule has 2 fully saturated rings. The molecule has 0 spiro atoms. The third-order valence-electron chi connectivity index (χ3n) is 6.19. The number of rotatable bonds is 2. The van der Waals surface area contributed by atoms with Crippen molar-refractivity contribution in [3.05, 3.63) is 42.2 Å². The Morgan fingerprint density at radius 2 is 1.81 bits per heavy atom. The van der Waals surface area contributed by atoms with Crippen LogP contribution in [-0.4, -0.2) is 78.0 Å². The summed E-state index contributed by atoms with van der Waals surface area (Å²) in [5, 5.41) is 4.62. The van der Waals surface area contributed by atoms with Gasteiger partial charge in [-0.2, -0.15) is 0 Å². The van der Waals surface area contributed by atoms with Crippen LogP contribution in [0.5, 0.6) is 0 Å². The molecule has 5 heterocycles. The number of likely N-dealkylation sites (N-methyl/N-ethyl adjacent to an activating group) is 1. The van der Waals surface area contributed by atoms with Crippen molar-refractivity contribution < 1.29 is 0 Å². The van der Waals surface area contributed by atoms with E-state index in [1.165, 1.54) is 45.4 Å². The molecule has 31 heavy (non-hydrogen) atoms. The number of hydrogen-bond donors (Lipinski definition) is 1. The van der Waals surface area contributed by atoms with Crippen LogP contribution in [-0.2, 0) is 0 Å². The van der Waals surface area contributed by atoms with Gasteiger partial charge in [-0.05, 0) is 26.0 Å². The predicted octanol–water partition coefficient (Wildman–Crippen LogP) is 2.46. The molecular weight excluding hydrogens is 414 g/mol. The minimum Gasteiger partial charge on any atom is -0.367 e. The van der Waals surface area contributed by atoms with E-state index in [4.69, 9.17) is 17.3 Å². The molecule has 1 aliphatic heterocycles. The van der Waals surface area contributed by atoms with Crippen LogP contribution in [0, 0.1) is 0 Å². The molecule has 2 aliphatic rings. The molecule has 1 aliphatic carbocycles. The number of nitrogens with zero attached hydrogens (tertiary/aromatic N) is 8. The van der Waals surface area contributed by atoms with Gasteiger partial charge >= 0.3 is 0 Å². The maximum atomic E-state index is 6.06. The number of hydrogen-bond acceptors (Lipinski definition) is 7. The van der Waals surface area contributed by atoms with E-state index >= 15 is 0 Å². The lowest BCUT2D eigenvalue weighted by atomic mass is 9.91. The van der Waals surface area contributed by atoms with Crippen molar-refractivity contribution in [3.63, 3.8) is 0 Å². The zero-order valence-corrected chi connectivity index (χ0v) is 18.3. The van der Waals surface area contributed by atoms with Crippen LogP contribution in [0.15, 0.2) is 37.1 Å². The number of nitrogen functional groups attached to an aromatic ring is 1. The monoisotopic (exact) mass is 439 g/mol. The molecule has 9 nitrogen and oxygen atoms in total. The molecule has 0 atom stereocenters. The fourth-order valence-electron chi connectivity index (χ4n) is 4.08. The van der Waals surface area contributed by atoms with Gasteiger partial charge in [-0.1, -0.05) is 18.0 Å². The molecule has 1 saturated carbocycles. The first-order chi connectivity index (χ1) is 15.1. The molecule has 0 bridgehead atoms. The van der Waals surface area contributed by atoms with Crippen molar-refractivity contribution in [1.82, 2.24) is 38.8 Å². The molecule has 1 saturated heterocycles. The summed E-state index contributed by atoms with van der Waals surface area (Å²) in [6, 6.07) is 2.89. The standard InChI is InChI=1S/C12H8ClN7.C9H18N2/c13-10-5-17-12-16-3-7(6-19(10)12)8-1-2-20-9(8)4-15-11(14)18-20;1-10-5-7-11(8-6-10)9-3-2-4-9/h1-6H,(H2,14,18);9H,2-8H2,1H3. The second-order valence-corrected chi connectivity index (χ2v) is 8.58. The Bertz CT molecular complexity index is 1190. The summed E-state index contributed by atoms with van der Waals surface area (Å²) in [4.78, 5) is 17.5. The fourth-order valence-corrected chi connectivity index (χ4v) is 4.25. The molecule has 4 aromatic rings. The van der Waals surface area contributed by atoms with Crippen molar-refractivity contribution in [1.29, 1.82) is 0 Å². The quantitative estimate of drug-likeness (QED) is 0.512. The van der Waals surface area contributed by atoms with Gasteiger partial charge in [-0.3, -0.25) is 9.30 Å². The number of anilines is 1. The summed E-state index contributed by atoms with van der Waals surface area (Å²) in [5.74, 6) is 0.786. The van der Waals surface area contributed by atoms with Gasteiger partial charge in [0, 0.05) is 61.9 Å². The molecule has 0 aromatic carbocycles. The summed E-state index contributed by atoms with van der Waals surface area (Å²) in [5.41, 5.74) is 8.26. The van der Waals surface area contributed by atoms with E-state index in [0.29, 0.717) is 10.9 Å².